The number of anilines is 1. The zero-order chi connectivity index (χ0) is 24.6. The Hall–Kier alpha value is -4.07. The van der Waals surface area contributed by atoms with Crippen LogP contribution in [0.4, 0.5) is 5.69 Å². The average Bonchev–Trinajstić information content (AvgIpc) is 3.61. The molecule has 1 atom stereocenters. The maximum absolute atomic E-state index is 13.7. The molecular weight excluding hydrogens is 446 g/mol. The van der Waals surface area contributed by atoms with Gasteiger partial charge in [-0.1, -0.05) is 43.2 Å². The second kappa shape index (κ2) is 11.4. The summed E-state index contributed by atoms with van der Waals surface area (Å²) in [5.41, 5.74) is 1.18. The number of furan rings is 1. The number of carbonyl (C=O) groups excluding carboxylic acids is 3. The number of carbonyl (C=O) groups is 3. The Kier molecular flexibility index (Phi) is 7.82. The van der Waals surface area contributed by atoms with E-state index in [1.165, 1.54) is 17.2 Å². The number of para-hydroxylation sites is 1. The lowest BCUT2D eigenvalue weighted by Crippen LogP contribution is -2.49. The lowest BCUT2D eigenvalue weighted by Gasteiger charge is -2.32. The van der Waals surface area contributed by atoms with Gasteiger partial charge in [0.1, 0.15) is 11.8 Å². The molecule has 3 amide bonds. The number of benzene rings is 2. The lowest BCUT2D eigenvalue weighted by molar-refractivity contribution is -0.126. The molecule has 1 aromatic heterocycles. The Labute approximate surface area is 204 Å². The number of ether oxygens (including phenoxy) is 1. The zero-order valence-electron chi connectivity index (χ0n) is 19.6. The van der Waals surface area contributed by atoms with Crippen LogP contribution in [0.3, 0.4) is 0 Å². The SMILES string of the molecule is COc1ccc([C@@H](C(=O)NC2CCCC2)N(C(=O)CNC(=O)c2ccco2)c2ccccc2)cc1. The van der Waals surface area contributed by atoms with Gasteiger partial charge >= 0.3 is 0 Å². The van der Waals surface area contributed by atoms with Crippen LogP contribution in [0, 0.1) is 0 Å². The van der Waals surface area contributed by atoms with Crippen molar-refractivity contribution in [2.75, 3.05) is 18.6 Å². The van der Waals surface area contributed by atoms with Crippen molar-refractivity contribution in [3.63, 3.8) is 0 Å². The van der Waals surface area contributed by atoms with Crippen molar-refractivity contribution in [3.05, 3.63) is 84.3 Å². The molecule has 1 aliphatic rings. The van der Waals surface area contributed by atoms with Crippen LogP contribution in [0.25, 0.3) is 0 Å². The molecule has 0 saturated heterocycles. The first-order chi connectivity index (χ1) is 17.1. The summed E-state index contributed by atoms with van der Waals surface area (Å²) in [5, 5.41) is 5.73. The van der Waals surface area contributed by atoms with Crippen LogP contribution in [0.1, 0.15) is 47.8 Å². The van der Waals surface area contributed by atoms with Gasteiger partial charge in [-0.25, -0.2) is 0 Å². The minimum absolute atomic E-state index is 0.0784. The van der Waals surface area contributed by atoms with E-state index in [1.807, 2.05) is 6.07 Å². The van der Waals surface area contributed by atoms with Gasteiger partial charge in [0.15, 0.2) is 5.76 Å². The first-order valence-corrected chi connectivity index (χ1v) is 11.7. The molecule has 0 bridgehead atoms. The van der Waals surface area contributed by atoms with E-state index < -0.39 is 17.9 Å². The third-order valence-electron chi connectivity index (χ3n) is 6.09. The van der Waals surface area contributed by atoms with Crippen LogP contribution in [0.2, 0.25) is 0 Å². The number of hydrogen-bond donors (Lipinski definition) is 2. The van der Waals surface area contributed by atoms with Gasteiger partial charge in [0, 0.05) is 11.7 Å². The molecule has 4 rings (SSSR count). The number of nitrogens with one attached hydrogen (secondary N) is 2. The Morgan fingerprint density at radius 2 is 1.71 bits per heavy atom. The summed E-state index contributed by atoms with van der Waals surface area (Å²) in [4.78, 5) is 41.0. The van der Waals surface area contributed by atoms with E-state index in [9.17, 15) is 14.4 Å². The highest BCUT2D eigenvalue weighted by Crippen LogP contribution is 2.30. The second-order valence-electron chi connectivity index (χ2n) is 8.42. The molecule has 1 saturated carbocycles. The summed E-state index contributed by atoms with van der Waals surface area (Å²) in [6.45, 7) is -0.308. The van der Waals surface area contributed by atoms with Crippen molar-refractivity contribution in [2.45, 2.75) is 37.8 Å². The smallest absolute Gasteiger partial charge is 0.287 e. The van der Waals surface area contributed by atoms with Crippen molar-refractivity contribution in [2.24, 2.45) is 0 Å². The van der Waals surface area contributed by atoms with Gasteiger partial charge in [0.25, 0.3) is 5.91 Å². The van der Waals surface area contributed by atoms with Crippen molar-refractivity contribution < 1.29 is 23.5 Å². The van der Waals surface area contributed by atoms with Gasteiger partial charge < -0.3 is 19.8 Å². The molecule has 3 aromatic rings. The third-order valence-corrected chi connectivity index (χ3v) is 6.09. The van der Waals surface area contributed by atoms with Crippen molar-refractivity contribution in [1.29, 1.82) is 0 Å². The molecule has 0 aliphatic heterocycles. The lowest BCUT2D eigenvalue weighted by atomic mass is 10.0. The molecule has 2 N–H and O–H groups in total. The maximum Gasteiger partial charge on any atom is 0.287 e. The van der Waals surface area contributed by atoms with Crippen molar-refractivity contribution >= 4 is 23.4 Å². The van der Waals surface area contributed by atoms with E-state index in [0.717, 1.165) is 25.7 Å². The predicted molar refractivity (Wildman–Crippen MR) is 131 cm³/mol. The number of methoxy groups -OCH3 is 1. The Bertz CT molecular complexity index is 1120. The molecule has 0 radical (unpaired) electrons. The molecule has 35 heavy (non-hydrogen) atoms. The fraction of sp³-hybridized carbons (Fsp3) is 0.296. The van der Waals surface area contributed by atoms with Crippen LogP contribution < -0.4 is 20.3 Å². The van der Waals surface area contributed by atoms with E-state index in [-0.39, 0.29) is 24.3 Å². The number of nitrogens with zero attached hydrogens (tertiary/aromatic N) is 1. The Morgan fingerprint density at radius 3 is 2.34 bits per heavy atom. The monoisotopic (exact) mass is 475 g/mol. The number of amides is 3. The van der Waals surface area contributed by atoms with Crippen LogP contribution in [-0.4, -0.2) is 37.4 Å². The minimum atomic E-state index is -0.933. The predicted octanol–water partition coefficient (Wildman–Crippen LogP) is 3.85. The van der Waals surface area contributed by atoms with E-state index in [4.69, 9.17) is 9.15 Å². The maximum atomic E-state index is 13.7. The van der Waals surface area contributed by atoms with Gasteiger partial charge in [-0.05, 0) is 54.8 Å². The summed E-state index contributed by atoms with van der Waals surface area (Å²) in [7, 11) is 1.57. The normalized spacial score (nSPS) is 14.2. The molecule has 1 fully saturated rings. The summed E-state index contributed by atoms with van der Waals surface area (Å²) >= 11 is 0. The quantitative estimate of drug-likeness (QED) is 0.490. The first kappa shape index (κ1) is 24.1. The third kappa shape index (κ3) is 5.90. The standard InChI is InChI=1S/C27H29N3O5/c1-34-22-15-13-19(14-16-22)25(27(33)29-20-8-5-6-9-20)30(21-10-3-2-4-11-21)24(31)18-28-26(32)23-12-7-17-35-23/h2-4,7,10-17,20,25H,5-6,8-9,18H2,1H3,(H,28,32)(H,29,33)/t25-/m0/s1. The highest BCUT2D eigenvalue weighted by atomic mass is 16.5. The van der Waals surface area contributed by atoms with Gasteiger partial charge in [-0.2, -0.15) is 0 Å². The number of rotatable bonds is 9. The fourth-order valence-corrected chi connectivity index (χ4v) is 4.32. The van der Waals surface area contributed by atoms with Crippen LogP contribution in [0.5, 0.6) is 5.75 Å². The van der Waals surface area contributed by atoms with Gasteiger partial charge in [-0.3, -0.25) is 19.3 Å². The first-order valence-electron chi connectivity index (χ1n) is 11.7. The summed E-state index contributed by atoms with van der Waals surface area (Å²) in [6, 6.07) is 18.3. The molecule has 8 heteroatoms. The fourth-order valence-electron chi connectivity index (χ4n) is 4.32. The van der Waals surface area contributed by atoms with Crippen LogP contribution in [-0.2, 0) is 9.59 Å². The molecule has 1 aliphatic carbocycles. The van der Waals surface area contributed by atoms with E-state index in [2.05, 4.69) is 10.6 Å². The van der Waals surface area contributed by atoms with E-state index in [0.29, 0.717) is 17.0 Å². The van der Waals surface area contributed by atoms with E-state index >= 15 is 0 Å². The molecule has 0 spiro atoms. The van der Waals surface area contributed by atoms with Crippen LogP contribution >= 0.6 is 0 Å². The largest absolute Gasteiger partial charge is 0.497 e. The summed E-state index contributed by atoms with van der Waals surface area (Å²) < 4.78 is 10.4. The summed E-state index contributed by atoms with van der Waals surface area (Å²) in [5.74, 6) is -0.454. The summed E-state index contributed by atoms with van der Waals surface area (Å²) in [6.07, 6.45) is 5.36. The minimum Gasteiger partial charge on any atom is -0.497 e. The number of hydrogen-bond acceptors (Lipinski definition) is 5. The molecule has 0 unspecified atom stereocenters. The van der Waals surface area contributed by atoms with Gasteiger partial charge in [-0.15, -0.1) is 0 Å². The highest BCUT2D eigenvalue weighted by Gasteiger charge is 2.34. The Morgan fingerprint density at radius 1 is 1.00 bits per heavy atom. The molecule has 8 nitrogen and oxygen atoms in total. The molecule has 182 valence electrons. The molecular formula is C27H29N3O5. The molecule has 2 aromatic carbocycles. The second-order valence-corrected chi connectivity index (χ2v) is 8.42. The highest BCUT2D eigenvalue weighted by molar-refractivity contribution is 6.04. The van der Waals surface area contributed by atoms with E-state index in [1.54, 1.807) is 61.7 Å². The Balaban J connectivity index is 1.66. The van der Waals surface area contributed by atoms with Gasteiger partial charge in [0.05, 0.1) is 19.9 Å². The average molecular weight is 476 g/mol. The van der Waals surface area contributed by atoms with Crippen molar-refractivity contribution in [1.82, 2.24) is 10.6 Å². The van der Waals surface area contributed by atoms with Crippen molar-refractivity contribution in [3.8, 4) is 5.75 Å². The zero-order valence-corrected chi connectivity index (χ0v) is 19.6. The molecule has 1 heterocycles. The topological polar surface area (TPSA) is 101 Å². The van der Waals surface area contributed by atoms with Crippen LogP contribution in [0.15, 0.2) is 77.4 Å². The van der Waals surface area contributed by atoms with Gasteiger partial charge in [0.2, 0.25) is 11.8 Å².